The van der Waals surface area contributed by atoms with Gasteiger partial charge in [-0.25, -0.2) is 0 Å². The van der Waals surface area contributed by atoms with Gasteiger partial charge in [0.25, 0.3) is 5.91 Å². The van der Waals surface area contributed by atoms with Crippen LogP contribution in [0.25, 0.3) is 0 Å². The Morgan fingerprint density at radius 2 is 1.15 bits per heavy atom. The molecule has 1 heterocycles. The lowest BCUT2D eigenvalue weighted by Gasteiger charge is -2.44. The maximum atomic E-state index is 12.8. The molecule has 1 aliphatic rings. The summed E-state index contributed by atoms with van der Waals surface area (Å²) in [6.45, 7) is 19.9. The molecule has 0 spiro atoms. The van der Waals surface area contributed by atoms with Crippen LogP contribution in [0.5, 0.6) is 0 Å². The Morgan fingerprint density at radius 3 is 1.57 bits per heavy atom. The molecule has 5 heteroatoms. The number of hydrogen-bond donors (Lipinski definition) is 2. The third-order valence-electron chi connectivity index (χ3n) is 7.43. The monoisotopic (exact) mass is 706 g/mol. The Labute approximate surface area is 324 Å². The molecule has 0 aromatic carbocycles. The van der Waals surface area contributed by atoms with E-state index in [4.69, 9.17) is 15.2 Å². The molecular weight excluding hydrogens is 665 g/mol. The molecule has 0 bridgehead atoms. The van der Waals surface area contributed by atoms with Crippen molar-refractivity contribution in [1.29, 1.82) is 0 Å². The zero-order valence-corrected chi connectivity index (χ0v) is 30.9. The van der Waals surface area contributed by atoms with E-state index >= 15 is 0 Å². The van der Waals surface area contributed by atoms with Crippen LogP contribution in [0.2, 0.25) is 0 Å². The first-order valence-corrected chi connectivity index (χ1v) is 17.2. The minimum absolute atomic E-state index is 0.00885. The SMILES string of the molecule is C=CCC1O[C@@H](OC[C@H](NC(=O)C#CC#CC#CC#CC#CC#CC#CC#CC#CC#CC#CC#CC)[C@H](N)CCCCCC)C(C=C)[C@@H](C=C)[C@H]1C=C. The molecule has 1 amide bonds. The number of carbonyl (C=O) groups excluding carboxylic acids is 1. The van der Waals surface area contributed by atoms with Gasteiger partial charge in [-0.1, -0.05) is 62.8 Å². The summed E-state index contributed by atoms with van der Waals surface area (Å²) in [6, 6.07) is -0.877. The Balaban J connectivity index is 2.83. The number of amides is 1. The van der Waals surface area contributed by atoms with Gasteiger partial charge in [-0.3, -0.25) is 4.79 Å². The van der Waals surface area contributed by atoms with Crippen LogP contribution in [0.4, 0.5) is 0 Å². The second-order valence-corrected chi connectivity index (χ2v) is 11.1. The van der Waals surface area contributed by atoms with Gasteiger partial charge in [0.2, 0.25) is 0 Å². The molecular formula is C49H42N2O3. The van der Waals surface area contributed by atoms with Crippen LogP contribution in [-0.4, -0.2) is 37.0 Å². The zero-order chi connectivity index (χ0) is 39.5. The highest BCUT2D eigenvalue weighted by atomic mass is 16.7. The average molecular weight is 707 g/mol. The first-order chi connectivity index (χ1) is 26.5. The molecule has 1 saturated heterocycles. The van der Waals surface area contributed by atoms with Gasteiger partial charge in [0, 0.05) is 59.3 Å². The van der Waals surface area contributed by atoms with Crippen LogP contribution < -0.4 is 11.1 Å². The summed E-state index contributed by atoms with van der Waals surface area (Å²) in [7, 11) is 0. The highest BCUT2D eigenvalue weighted by Gasteiger charge is 2.42. The van der Waals surface area contributed by atoms with Crippen molar-refractivity contribution in [1.82, 2.24) is 5.32 Å². The molecule has 0 aromatic heterocycles. The van der Waals surface area contributed by atoms with E-state index < -0.39 is 18.2 Å². The van der Waals surface area contributed by atoms with E-state index in [1.54, 1.807) is 6.92 Å². The van der Waals surface area contributed by atoms with Crippen LogP contribution in [0.15, 0.2) is 50.6 Å². The van der Waals surface area contributed by atoms with E-state index in [0.29, 0.717) is 12.8 Å². The first kappa shape index (κ1) is 45.1. The first-order valence-electron chi connectivity index (χ1n) is 17.2. The van der Waals surface area contributed by atoms with Crippen molar-refractivity contribution in [2.75, 3.05) is 6.61 Å². The van der Waals surface area contributed by atoms with Crippen LogP contribution >= 0.6 is 0 Å². The van der Waals surface area contributed by atoms with E-state index in [0.717, 1.165) is 25.7 Å². The Hall–Kier alpha value is -6.97. The minimum atomic E-state index is -0.619. The summed E-state index contributed by atoms with van der Waals surface area (Å²) in [5, 5.41) is 2.90. The molecule has 266 valence electrons. The maximum absolute atomic E-state index is 12.8. The van der Waals surface area contributed by atoms with Gasteiger partial charge in [-0.2, -0.15) is 0 Å². The molecule has 3 N–H and O–H groups in total. The molecule has 0 radical (unpaired) electrons. The van der Waals surface area contributed by atoms with Gasteiger partial charge in [0.15, 0.2) is 6.29 Å². The second kappa shape index (κ2) is 30.8. The topological polar surface area (TPSA) is 73.6 Å². The zero-order valence-electron chi connectivity index (χ0n) is 30.9. The van der Waals surface area contributed by atoms with E-state index in [1.165, 1.54) is 0 Å². The number of nitrogens with one attached hydrogen (secondary N) is 1. The van der Waals surface area contributed by atoms with Crippen molar-refractivity contribution >= 4 is 5.91 Å². The predicted octanol–water partition coefficient (Wildman–Crippen LogP) is 4.55. The van der Waals surface area contributed by atoms with E-state index in [9.17, 15) is 4.79 Å². The fourth-order valence-corrected chi connectivity index (χ4v) is 4.92. The number of carbonyl (C=O) groups is 1. The molecule has 1 aliphatic heterocycles. The fourth-order valence-electron chi connectivity index (χ4n) is 4.92. The van der Waals surface area contributed by atoms with Gasteiger partial charge in [-0.15, -0.1) is 26.3 Å². The van der Waals surface area contributed by atoms with Crippen molar-refractivity contribution in [3.8, 4) is 142 Å². The van der Waals surface area contributed by atoms with Gasteiger partial charge in [0.1, 0.15) is 0 Å². The second-order valence-electron chi connectivity index (χ2n) is 11.1. The largest absolute Gasteiger partial charge is 0.350 e. The summed E-state index contributed by atoms with van der Waals surface area (Å²) in [6.07, 6.45) is 12.1. The average Bonchev–Trinajstić information content (AvgIpc) is 3.17. The van der Waals surface area contributed by atoms with E-state index in [2.05, 4.69) is 181 Å². The summed E-state index contributed by atoms with van der Waals surface area (Å²) in [5.74, 6) is 60.0. The quantitative estimate of drug-likeness (QED) is 0.149. The van der Waals surface area contributed by atoms with Crippen molar-refractivity contribution in [2.45, 2.75) is 76.9 Å². The van der Waals surface area contributed by atoms with Crippen molar-refractivity contribution in [3.63, 3.8) is 0 Å². The number of unbranched alkanes of at least 4 members (excludes halogenated alkanes) is 3. The number of hydrogen-bond acceptors (Lipinski definition) is 4. The third-order valence-corrected chi connectivity index (χ3v) is 7.43. The molecule has 1 rings (SSSR count). The highest BCUT2D eigenvalue weighted by molar-refractivity contribution is 5.94. The summed E-state index contributed by atoms with van der Waals surface area (Å²) < 4.78 is 12.7. The van der Waals surface area contributed by atoms with Crippen LogP contribution in [-0.2, 0) is 14.3 Å². The molecule has 1 fully saturated rings. The molecule has 0 saturated carbocycles. The maximum Gasteiger partial charge on any atom is 0.297 e. The van der Waals surface area contributed by atoms with Gasteiger partial charge in [-0.05, 0) is 120 Å². The van der Waals surface area contributed by atoms with Gasteiger partial charge < -0.3 is 20.5 Å². The standard InChI is InChI=1S/C49H42N2O3/c1-7-13-15-17-18-19-20-21-22-23-24-25-26-27-28-29-30-31-32-33-34-35-37-40-48(52)51-46(45(50)39-36-16-14-8-2)41-53-49-44(12-6)42(10-4)43(11-5)47(54-49)38-9-3/h9-12,42-47,49H,3-6,8,14,16,36,38-39,41,50H2,1-2H3,(H,51,52)/t42-,43+,44?,45+,46-,47?,49+/m0/s1. The molecule has 0 aromatic rings. The number of nitrogens with two attached hydrogens (primary N) is 1. The lowest BCUT2D eigenvalue weighted by molar-refractivity contribution is -0.235. The summed E-state index contributed by atoms with van der Waals surface area (Å²) in [4.78, 5) is 12.8. The number of rotatable bonds is 15. The number of ether oxygens (including phenoxy) is 2. The molecule has 2 unspecified atom stereocenters. The van der Waals surface area contributed by atoms with E-state index in [1.807, 2.05) is 24.3 Å². The Kier molecular flexibility index (Phi) is 25.7. The lowest BCUT2D eigenvalue weighted by Crippen LogP contribution is -2.52. The smallest absolute Gasteiger partial charge is 0.297 e. The Morgan fingerprint density at radius 1 is 0.685 bits per heavy atom. The lowest BCUT2D eigenvalue weighted by atomic mass is 9.75. The summed E-state index contributed by atoms with van der Waals surface area (Å²) >= 11 is 0. The minimum Gasteiger partial charge on any atom is -0.350 e. The van der Waals surface area contributed by atoms with Crippen LogP contribution in [0.1, 0.15) is 52.4 Å². The molecule has 54 heavy (non-hydrogen) atoms. The highest BCUT2D eigenvalue weighted by Crippen LogP contribution is 2.39. The predicted molar refractivity (Wildman–Crippen MR) is 218 cm³/mol. The van der Waals surface area contributed by atoms with Crippen molar-refractivity contribution in [3.05, 3.63) is 50.6 Å². The molecule has 7 atom stereocenters. The van der Waals surface area contributed by atoms with Crippen LogP contribution in [0.3, 0.4) is 0 Å². The fraction of sp³-hybridized carbons (Fsp3) is 0.327. The van der Waals surface area contributed by atoms with Gasteiger partial charge in [0.05, 0.1) is 18.8 Å². The molecule has 0 aliphatic carbocycles. The Bertz CT molecular complexity index is 2140. The van der Waals surface area contributed by atoms with E-state index in [-0.39, 0.29) is 36.5 Å². The summed E-state index contributed by atoms with van der Waals surface area (Å²) in [5.41, 5.74) is 6.57. The normalized spacial score (nSPS) is 17.4. The van der Waals surface area contributed by atoms with Crippen molar-refractivity contribution in [2.24, 2.45) is 23.5 Å². The third kappa shape index (κ3) is 20.0. The van der Waals surface area contributed by atoms with Crippen molar-refractivity contribution < 1.29 is 14.3 Å². The van der Waals surface area contributed by atoms with Gasteiger partial charge >= 0.3 is 0 Å². The molecule has 5 nitrogen and oxygen atoms in total. The number of allylic oxidation sites excluding steroid dienone is 1. The van der Waals surface area contributed by atoms with Crippen LogP contribution in [0, 0.1) is 160 Å².